The van der Waals surface area contributed by atoms with Gasteiger partial charge in [-0.2, -0.15) is 16.1 Å². The van der Waals surface area contributed by atoms with Gasteiger partial charge in [0.1, 0.15) is 10.6 Å². The highest BCUT2D eigenvalue weighted by Crippen LogP contribution is 2.35. The summed E-state index contributed by atoms with van der Waals surface area (Å²) in [5.41, 5.74) is 0.835. The molecule has 118 valence electrons. The van der Waals surface area contributed by atoms with E-state index in [0.717, 1.165) is 11.3 Å². The summed E-state index contributed by atoms with van der Waals surface area (Å²) in [6.45, 7) is 5.15. The third kappa shape index (κ3) is 3.67. The maximum absolute atomic E-state index is 12.9. The molecule has 0 radical (unpaired) electrons. The third-order valence-electron chi connectivity index (χ3n) is 3.39. The first-order chi connectivity index (χ1) is 9.80. The molecule has 0 N–H and O–H groups in total. The number of ether oxygens (including phenoxy) is 1. The molecule has 0 saturated carbocycles. The van der Waals surface area contributed by atoms with Gasteiger partial charge in [-0.1, -0.05) is 6.07 Å². The van der Waals surface area contributed by atoms with Crippen molar-refractivity contribution in [2.75, 3.05) is 26.0 Å². The fourth-order valence-corrected chi connectivity index (χ4v) is 5.54. The summed E-state index contributed by atoms with van der Waals surface area (Å²) < 4.78 is 32.4. The molecule has 1 aliphatic rings. The van der Waals surface area contributed by atoms with Crippen LogP contribution in [0.4, 0.5) is 0 Å². The number of rotatable bonds is 4. The van der Waals surface area contributed by atoms with Crippen molar-refractivity contribution < 1.29 is 13.2 Å². The highest BCUT2D eigenvalue weighted by molar-refractivity contribution is 8.00. The van der Waals surface area contributed by atoms with E-state index in [1.165, 1.54) is 7.11 Å². The predicted molar refractivity (Wildman–Crippen MR) is 87.8 cm³/mol. The van der Waals surface area contributed by atoms with Gasteiger partial charge in [-0.25, -0.2) is 8.42 Å². The summed E-state index contributed by atoms with van der Waals surface area (Å²) in [4.78, 5) is 0.210. The lowest BCUT2D eigenvalue weighted by atomic mass is 10.2. The van der Waals surface area contributed by atoms with E-state index in [-0.39, 0.29) is 9.64 Å². The van der Waals surface area contributed by atoms with Gasteiger partial charge in [-0.15, -0.1) is 11.6 Å². The molecule has 0 aliphatic carbocycles. The molecule has 1 fully saturated rings. The molecule has 0 spiro atoms. The second-order valence-electron chi connectivity index (χ2n) is 5.57. The molecule has 1 saturated heterocycles. The number of benzene rings is 1. The number of hydrogen-bond acceptors (Lipinski definition) is 4. The Labute approximate surface area is 135 Å². The highest BCUT2D eigenvalue weighted by atomic mass is 35.5. The average Bonchev–Trinajstić information content (AvgIpc) is 2.45. The molecule has 1 aromatic carbocycles. The topological polar surface area (TPSA) is 46.6 Å². The van der Waals surface area contributed by atoms with Crippen LogP contribution in [0, 0.1) is 0 Å². The summed E-state index contributed by atoms with van der Waals surface area (Å²) in [5.74, 6) is 1.47. The first-order valence-electron chi connectivity index (χ1n) is 6.67. The predicted octanol–water partition coefficient (Wildman–Crippen LogP) is 2.95. The van der Waals surface area contributed by atoms with Gasteiger partial charge in [0.15, 0.2) is 0 Å². The molecule has 1 aliphatic heterocycles. The number of hydrogen-bond donors (Lipinski definition) is 0. The first kappa shape index (κ1) is 16.9. The lowest BCUT2D eigenvalue weighted by molar-refractivity contribution is 0.376. The molecule has 4 nitrogen and oxygen atoms in total. The zero-order valence-corrected chi connectivity index (χ0v) is 14.8. The zero-order valence-electron chi connectivity index (χ0n) is 12.4. The molecular weight excluding hydrogens is 330 g/mol. The van der Waals surface area contributed by atoms with Crippen LogP contribution in [0.5, 0.6) is 5.75 Å². The van der Waals surface area contributed by atoms with Crippen LogP contribution in [-0.4, -0.2) is 43.4 Å². The number of nitrogens with zero attached hydrogens (tertiary/aromatic N) is 1. The van der Waals surface area contributed by atoms with Gasteiger partial charge in [-0.3, -0.25) is 0 Å². The molecule has 0 amide bonds. The van der Waals surface area contributed by atoms with Crippen molar-refractivity contribution in [2.45, 2.75) is 29.4 Å². The largest absolute Gasteiger partial charge is 0.495 e. The Morgan fingerprint density at radius 2 is 2.14 bits per heavy atom. The minimum Gasteiger partial charge on any atom is -0.495 e. The standard InChI is InChI=1S/C14H20ClNO3S2/c1-14(2)10-16(6-7-20-14)21(17,18)13-5-4-11(9-15)8-12(13)19-3/h4-5,8H,6-7,9-10H2,1-3H3. The van der Waals surface area contributed by atoms with E-state index >= 15 is 0 Å². The maximum atomic E-state index is 12.9. The Morgan fingerprint density at radius 3 is 2.71 bits per heavy atom. The summed E-state index contributed by atoms with van der Waals surface area (Å²) in [6, 6.07) is 5.00. The fraction of sp³-hybridized carbons (Fsp3) is 0.571. The molecule has 2 rings (SSSR count). The molecule has 0 atom stereocenters. The number of halogens is 1. The van der Waals surface area contributed by atoms with Gasteiger partial charge in [-0.05, 0) is 31.5 Å². The molecule has 0 bridgehead atoms. The smallest absolute Gasteiger partial charge is 0.246 e. The van der Waals surface area contributed by atoms with Crippen LogP contribution in [0.15, 0.2) is 23.1 Å². The van der Waals surface area contributed by atoms with Crippen molar-refractivity contribution in [3.05, 3.63) is 23.8 Å². The summed E-state index contributed by atoms with van der Waals surface area (Å²) in [7, 11) is -2.07. The van der Waals surface area contributed by atoms with Gasteiger partial charge in [0.05, 0.1) is 7.11 Å². The van der Waals surface area contributed by atoms with Crippen LogP contribution in [0.1, 0.15) is 19.4 Å². The van der Waals surface area contributed by atoms with Crippen molar-refractivity contribution >= 4 is 33.4 Å². The van der Waals surface area contributed by atoms with Gasteiger partial charge in [0.25, 0.3) is 0 Å². The Hall–Kier alpha value is -0.430. The van der Waals surface area contributed by atoms with Crippen LogP contribution < -0.4 is 4.74 Å². The second kappa shape index (κ2) is 6.36. The minimum absolute atomic E-state index is 0.0748. The molecule has 1 aromatic rings. The summed E-state index contributed by atoms with van der Waals surface area (Å²) in [5, 5.41) is 0. The van der Waals surface area contributed by atoms with Crippen molar-refractivity contribution in [1.82, 2.24) is 4.31 Å². The highest BCUT2D eigenvalue weighted by Gasteiger charge is 2.35. The Kier molecular flexibility index (Phi) is 5.13. The minimum atomic E-state index is -3.55. The van der Waals surface area contributed by atoms with Crippen LogP contribution >= 0.6 is 23.4 Å². The molecule has 0 aromatic heterocycles. The third-order valence-corrected chi connectivity index (χ3v) is 6.88. The van der Waals surface area contributed by atoms with E-state index in [4.69, 9.17) is 16.3 Å². The van der Waals surface area contributed by atoms with Crippen molar-refractivity contribution in [2.24, 2.45) is 0 Å². The number of sulfonamides is 1. The molecular formula is C14H20ClNO3S2. The van der Waals surface area contributed by atoms with Crippen LogP contribution in [0.2, 0.25) is 0 Å². The number of methoxy groups -OCH3 is 1. The maximum Gasteiger partial charge on any atom is 0.246 e. The SMILES string of the molecule is COc1cc(CCl)ccc1S(=O)(=O)N1CCSC(C)(C)C1. The van der Waals surface area contributed by atoms with E-state index < -0.39 is 10.0 Å². The first-order valence-corrected chi connectivity index (χ1v) is 9.63. The molecule has 7 heteroatoms. The molecule has 1 heterocycles. The van der Waals surface area contributed by atoms with E-state index in [1.807, 2.05) is 0 Å². The van der Waals surface area contributed by atoms with Crippen LogP contribution in [0.3, 0.4) is 0 Å². The quantitative estimate of drug-likeness (QED) is 0.784. The monoisotopic (exact) mass is 349 g/mol. The van der Waals surface area contributed by atoms with Crippen molar-refractivity contribution in [1.29, 1.82) is 0 Å². The number of thioether (sulfide) groups is 1. The van der Waals surface area contributed by atoms with Gasteiger partial charge >= 0.3 is 0 Å². The Balaban J connectivity index is 2.39. The van der Waals surface area contributed by atoms with Gasteiger partial charge in [0.2, 0.25) is 10.0 Å². The molecule has 21 heavy (non-hydrogen) atoms. The van der Waals surface area contributed by atoms with Gasteiger partial charge < -0.3 is 4.74 Å². The molecule has 0 unspecified atom stereocenters. The zero-order chi connectivity index (χ0) is 15.7. The normalized spacial score (nSPS) is 19.4. The van der Waals surface area contributed by atoms with Crippen molar-refractivity contribution in [3.63, 3.8) is 0 Å². The number of alkyl halides is 1. The van der Waals surface area contributed by atoms with Crippen molar-refractivity contribution in [3.8, 4) is 5.75 Å². The average molecular weight is 350 g/mol. The summed E-state index contributed by atoms with van der Waals surface area (Å²) in [6.07, 6.45) is 0. The van der Waals surface area contributed by atoms with Gasteiger partial charge in [0, 0.05) is 29.5 Å². The van der Waals surface area contributed by atoms with Crippen LogP contribution in [-0.2, 0) is 15.9 Å². The summed E-state index contributed by atoms with van der Waals surface area (Å²) >= 11 is 7.59. The fourth-order valence-electron chi connectivity index (χ4n) is 2.33. The Morgan fingerprint density at radius 1 is 1.43 bits per heavy atom. The van der Waals surface area contributed by atoms with E-state index in [1.54, 1.807) is 34.3 Å². The lowest BCUT2D eigenvalue weighted by Crippen LogP contribution is -2.46. The Bertz CT molecular complexity index is 617. The van der Waals surface area contributed by atoms with E-state index in [2.05, 4.69) is 13.8 Å². The second-order valence-corrected chi connectivity index (χ2v) is 9.54. The lowest BCUT2D eigenvalue weighted by Gasteiger charge is -2.36. The van der Waals surface area contributed by atoms with E-state index in [0.29, 0.717) is 24.7 Å². The van der Waals surface area contributed by atoms with E-state index in [9.17, 15) is 8.42 Å². The van der Waals surface area contributed by atoms with Crippen LogP contribution in [0.25, 0.3) is 0 Å².